The van der Waals surface area contributed by atoms with Gasteiger partial charge in [-0.1, -0.05) is 0 Å². The zero-order valence-electron chi connectivity index (χ0n) is 4.48. The third-order valence-corrected chi connectivity index (χ3v) is 1.74. The molecule has 0 atom stereocenters. The van der Waals surface area contributed by atoms with Crippen LogP contribution < -0.4 is 0 Å². The highest BCUT2D eigenvalue weighted by Crippen LogP contribution is 2.18. The van der Waals surface area contributed by atoms with Gasteiger partial charge in [0.05, 0.1) is 0 Å². The molecular formula is C3H6F2O2S. The molecule has 0 aromatic heterocycles. The van der Waals surface area contributed by atoms with Crippen molar-refractivity contribution in [2.24, 2.45) is 0 Å². The Kier molecular flexibility index (Phi) is 1.61. The summed E-state index contributed by atoms with van der Waals surface area (Å²) < 4.78 is 42.6. The number of alkyl halides is 1. The van der Waals surface area contributed by atoms with Gasteiger partial charge in [0.15, 0.2) is 0 Å². The molecule has 0 aromatic rings. The van der Waals surface area contributed by atoms with Crippen molar-refractivity contribution >= 4 is 10.2 Å². The van der Waals surface area contributed by atoms with E-state index in [2.05, 4.69) is 0 Å². The zero-order chi connectivity index (χ0) is 7.00. The molecule has 0 radical (unpaired) electrons. The second-order valence-electron chi connectivity index (χ2n) is 1.80. The van der Waals surface area contributed by atoms with Crippen LogP contribution in [0, 0.1) is 0 Å². The summed E-state index contributed by atoms with van der Waals surface area (Å²) in [5.41, 5.74) is 0. The van der Waals surface area contributed by atoms with Crippen LogP contribution in [0.1, 0.15) is 13.8 Å². The van der Waals surface area contributed by atoms with Crippen molar-refractivity contribution in [2.75, 3.05) is 0 Å². The molecule has 0 N–H and O–H groups in total. The standard InChI is InChI=1S/C3H6F2O2S/c1-3(2,4)8(5,6)7/h1-2H3. The maximum absolute atomic E-state index is 11.9. The van der Waals surface area contributed by atoms with E-state index in [1.807, 2.05) is 0 Å². The molecule has 0 spiro atoms. The summed E-state index contributed by atoms with van der Waals surface area (Å²) in [6.07, 6.45) is 0. The summed E-state index contributed by atoms with van der Waals surface area (Å²) in [5.74, 6) is 0. The number of hydrogen-bond donors (Lipinski definition) is 0. The van der Waals surface area contributed by atoms with Crippen LogP contribution in [0.5, 0.6) is 0 Å². The largest absolute Gasteiger partial charge is 0.337 e. The van der Waals surface area contributed by atoms with Crippen molar-refractivity contribution in [3.05, 3.63) is 0 Å². The zero-order valence-corrected chi connectivity index (χ0v) is 5.30. The minimum absolute atomic E-state index is 0.641. The van der Waals surface area contributed by atoms with Gasteiger partial charge < -0.3 is 0 Å². The molecule has 0 saturated carbocycles. The van der Waals surface area contributed by atoms with Crippen molar-refractivity contribution in [3.63, 3.8) is 0 Å². The summed E-state index contributed by atoms with van der Waals surface area (Å²) in [5, 5.41) is -2.76. The molecule has 0 fully saturated rings. The maximum atomic E-state index is 11.9. The predicted molar refractivity (Wildman–Crippen MR) is 25.2 cm³/mol. The lowest BCUT2D eigenvalue weighted by molar-refractivity contribution is 0.306. The first-order valence-electron chi connectivity index (χ1n) is 1.88. The van der Waals surface area contributed by atoms with Crippen molar-refractivity contribution in [1.29, 1.82) is 0 Å². The number of hydrogen-bond acceptors (Lipinski definition) is 2. The Hall–Kier alpha value is -0.190. The van der Waals surface area contributed by atoms with E-state index in [9.17, 15) is 16.7 Å². The van der Waals surface area contributed by atoms with Crippen LogP contribution in [0.15, 0.2) is 0 Å². The molecular weight excluding hydrogens is 138 g/mol. The average molecular weight is 144 g/mol. The normalized spacial score (nSPS) is 14.0. The van der Waals surface area contributed by atoms with E-state index >= 15 is 0 Å². The Morgan fingerprint density at radius 2 is 1.50 bits per heavy atom. The van der Waals surface area contributed by atoms with E-state index < -0.39 is 15.2 Å². The molecule has 0 aliphatic carbocycles. The van der Waals surface area contributed by atoms with Gasteiger partial charge in [-0.25, -0.2) is 4.39 Å². The molecule has 0 amide bonds. The van der Waals surface area contributed by atoms with E-state index in [1.165, 1.54) is 0 Å². The van der Waals surface area contributed by atoms with Gasteiger partial charge in [0, 0.05) is 0 Å². The molecule has 5 heteroatoms. The Bertz CT molecular complexity index is 164. The van der Waals surface area contributed by atoms with Gasteiger partial charge in [0.2, 0.25) is 5.00 Å². The van der Waals surface area contributed by atoms with Crippen LogP contribution in [-0.4, -0.2) is 13.4 Å². The van der Waals surface area contributed by atoms with E-state index in [0.717, 1.165) is 0 Å². The van der Waals surface area contributed by atoms with Crippen LogP contribution in [-0.2, 0) is 10.2 Å². The van der Waals surface area contributed by atoms with Crippen LogP contribution in [0.25, 0.3) is 0 Å². The predicted octanol–water partition coefficient (Wildman–Crippen LogP) is 0.991. The third kappa shape index (κ3) is 1.73. The molecule has 0 aliphatic rings. The van der Waals surface area contributed by atoms with Gasteiger partial charge in [0.25, 0.3) is 0 Å². The average Bonchev–Trinajstić information content (AvgIpc) is 1.25. The molecule has 0 aromatic carbocycles. The summed E-state index contributed by atoms with van der Waals surface area (Å²) in [6, 6.07) is 0. The van der Waals surface area contributed by atoms with Gasteiger partial charge in [-0.15, -0.1) is 3.89 Å². The number of rotatable bonds is 1. The van der Waals surface area contributed by atoms with Crippen molar-refractivity contribution in [2.45, 2.75) is 18.8 Å². The van der Waals surface area contributed by atoms with E-state index in [0.29, 0.717) is 13.8 Å². The molecule has 50 valence electrons. The highest BCUT2D eigenvalue weighted by molar-refractivity contribution is 7.87. The number of halogens is 2. The second kappa shape index (κ2) is 1.65. The van der Waals surface area contributed by atoms with Crippen LogP contribution in [0.4, 0.5) is 8.28 Å². The van der Waals surface area contributed by atoms with Crippen molar-refractivity contribution in [3.8, 4) is 0 Å². The molecule has 8 heavy (non-hydrogen) atoms. The van der Waals surface area contributed by atoms with Crippen LogP contribution in [0.2, 0.25) is 0 Å². The van der Waals surface area contributed by atoms with Crippen molar-refractivity contribution < 1.29 is 16.7 Å². The fourth-order valence-electron chi connectivity index (χ4n) is 0. The molecule has 0 unspecified atom stereocenters. The molecule has 0 aliphatic heterocycles. The fourth-order valence-corrected chi connectivity index (χ4v) is 0. The first-order valence-corrected chi connectivity index (χ1v) is 3.26. The van der Waals surface area contributed by atoms with E-state index in [-0.39, 0.29) is 0 Å². The Labute approximate surface area is 46.7 Å². The Balaban J connectivity index is 4.53. The lowest BCUT2D eigenvalue weighted by atomic mass is 10.5. The molecule has 0 saturated heterocycles. The molecule has 0 heterocycles. The van der Waals surface area contributed by atoms with Gasteiger partial charge in [0.1, 0.15) is 0 Å². The Morgan fingerprint density at radius 1 is 1.38 bits per heavy atom. The van der Waals surface area contributed by atoms with Crippen molar-refractivity contribution in [1.82, 2.24) is 0 Å². The van der Waals surface area contributed by atoms with Crippen LogP contribution >= 0.6 is 0 Å². The lowest BCUT2D eigenvalue weighted by Crippen LogP contribution is -2.21. The molecule has 0 bridgehead atoms. The highest BCUT2D eigenvalue weighted by Gasteiger charge is 2.33. The summed E-state index contributed by atoms with van der Waals surface area (Å²) in [7, 11) is -5.01. The first-order chi connectivity index (χ1) is 3.25. The van der Waals surface area contributed by atoms with Gasteiger partial charge in [-0.3, -0.25) is 0 Å². The highest BCUT2D eigenvalue weighted by atomic mass is 32.3. The first kappa shape index (κ1) is 7.81. The maximum Gasteiger partial charge on any atom is 0.337 e. The SMILES string of the molecule is CC(C)(F)S(=O)(=O)F. The monoisotopic (exact) mass is 144 g/mol. The van der Waals surface area contributed by atoms with E-state index in [4.69, 9.17) is 0 Å². The summed E-state index contributed by atoms with van der Waals surface area (Å²) in [6.45, 7) is 1.28. The quantitative estimate of drug-likeness (QED) is 0.514. The minimum Gasteiger partial charge on any atom is -0.224 e. The van der Waals surface area contributed by atoms with Crippen LogP contribution in [0.3, 0.4) is 0 Å². The minimum atomic E-state index is -5.01. The van der Waals surface area contributed by atoms with Gasteiger partial charge in [-0.2, -0.15) is 8.42 Å². The second-order valence-corrected chi connectivity index (χ2v) is 3.65. The lowest BCUT2D eigenvalue weighted by Gasteiger charge is -2.05. The topological polar surface area (TPSA) is 34.1 Å². The van der Waals surface area contributed by atoms with E-state index in [1.54, 1.807) is 0 Å². The Morgan fingerprint density at radius 3 is 1.50 bits per heavy atom. The van der Waals surface area contributed by atoms with Gasteiger partial charge in [-0.05, 0) is 13.8 Å². The smallest absolute Gasteiger partial charge is 0.224 e. The van der Waals surface area contributed by atoms with Gasteiger partial charge >= 0.3 is 10.2 Å². The fraction of sp³-hybridized carbons (Fsp3) is 1.00. The summed E-state index contributed by atoms with van der Waals surface area (Å²) >= 11 is 0. The third-order valence-electron chi connectivity index (χ3n) is 0.580. The summed E-state index contributed by atoms with van der Waals surface area (Å²) in [4.78, 5) is 0. The molecule has 0 rings (SSSR count). The molecule has 2 nitrogen and oxygen atoms in total.